The molecule has 1 unspecified atom stereocenters. The minimum Gasteiger partial charge on any atom is -0.395 e. The van der Waals surface area contributed by atoms with Crippen molar-refractivity contribution in [2.75, 3.05) is 26.9 Å². The van der Waals surface area contributed by atoms with E-state index in [4.69, 9.17) is 20.3 Å². The van der Waals surface area contributed by atoms with Crippen molar-refractivity contribution in [3.63, 3.8) is 0 Å². The summed E-state index contributed by atoms with van der Waals surface area (Å²) in [6.45, 7) is 4.98. The number of nitrogens with two attached hydrogens (primary N) is 1. The largest absolute Gasteiger partial charge is 0.395 e. The van der Waals surface area contributed by atoms with E-state index in [1.165, 1.54) is 0 Å². The molecule has 4 nitrogen and oxygen atoms in total. The third-order valence-corrected chi connectivity index (χ3v) is 1.97. The number of aliphatic hydroxyl groups is 1. The quantitative estimate of drug-likeness (QED) is 0.562. The molecule has 0 heterocycles. The number of aliphatic hydroxyl groups excluding tert-OH is 1. The van der Waals surface area contributed by atoms with Crippen molar-refractivity contribution in [2.24, 2.45) is 5.73 Å². The van der Waals surface area contributed by atoms with E-state index in [2.05, 4.69) is 0 Å². The highest BCUT2D eigenvalue weighted by molar-refractivity contribution is 4.67. The summed E-state index contributed by atoms with van der Waals surface area (Å²) in [6, 6.07) is -0.273. The van der Waals surface area contributed by atoms with Crippen molar-refractivity contribution in [2.45, 2.75) is 31.9 Å². The van der Waals surface area contributed by atoms with Crippen LogP contribution in [0.15, 0.2) is 0 Å². The molecular weight excluding hydrogens is 170 g/mol. The Hall–Kier alpha value is -0.160. The Kier molecular flexibility index (Phi) is 6.24. The summed E-state index contributed by atoms with van der Waals surface area (Å²) in [4.78, 5) is 0. The molecule has 0 amide bonds. The zero-order valence-electron chi connectivity index (χ0n) is 8.75. The molecule has 13 heavy (non-hydrogen) atoms. The number of hydrogen-bond acceptors (Lipinski definition) is 4. The van der Waals surface area contributed by atoms with Crippen molar-refractivity contribution in [1.29, 1.82) is 0 Å². The maximum atomic E-state index is 8.61. The third kappa shape index (κ3) is 6.95. The number of rotatable bonds is 7. The fourth-order valence-electron chi connectivity index (χ4n) is 0.707. The second kappa shape index (κ2) is 6.32. The lowest BCUT2D eigenvalue weighted by Crippen LogP contribution is -2.31. The Bertz CT molecular complexity index is 128. The lowest BCUT2D eigenvalue weighted by molar-refractivity contribution is -0.0127. The molecule has 4 heteroatoms. The summed E-state index contributed by atoms with van der Waals surface area (Å²) < 4.78 is 10.5. The fraction of sp³-hybridized carbons (Fsp3) is 1.00. The maximum Gasteiger partial charge on any atom is 0.0644 e. The summed E-state index contributed by atoms with van der Waals surface area (Å²) in [6.07, 6.45) is 0.821. The summed E-state index contributed by atoms with van der Waals surface area (Å²) in [5.74, 6) is 0. The van der Waals surface area contributed by atoms with Gasteiger partial charge in [0.05, 0.1) is 24.9 Å². The Morgan fingerprint density at radius 1 is 1.46 bits per heavy atom. The highest BCUT2D eigenvalue weighted by Crippen LogP contribution is 2.12. The van der Waals surface area contributed by atoms with Crippen LogP contribution in [0, 0.1) is 0 Å². The second-order valence-corrected chi connectivity index (χ2v) is 3.73. The molecule has 0 spiro atoms. The van der Waals surface area contributed by atoms with Crippen LogP contribution in [-0.4, -0.2) is 43.7 Å². The standard InChI is InChI=1S/C9H21NO3/c1-9(2,12-3)4-5-13-7-8(10)6-11/h8,11H,4-7,10H2,1-3H3. The van der Waals surface area contributed by atoms with Crippen LogP contribution in [-0.2, 0) is 9.47 Å². The lowest BCUT2D eigenvalue weighted by Gasteiger charge is -2.22. The van der Waals surface area contributed by atoms with E-state index in [-0.39, 0.29) is 18.2 Å². The Morgan fingerprint density at radius 3 is 2.54 bits per heavy atom. The van der Waals surface area contributed by atoms with Gasteiger partial charge in [-0.15, -0.1) is 0 Å². The van der Waals surface area contributed by atoms with Crippen LogP contribution in [0.5, 0.6) is 0 Å². The van der Waals surface area contributed by atoms with Crippen LogP contribution < -0.4 is 5.73 Å². The average Bonchev–Trinajstić information content (AvgIpc) is 2.12. The lowest BCUT2D eigenvalue weighted by atomic mass is 10.1. The minimum absolute atomic E-state index is 0.0341. The molecule has 0 saturated carbocycles. The molecule has 0 bridgehead atoms. The van der Waals surface area contributed by atoms with Crippen LogP contribution >= 0.6 is 0 Å². The van der Waals surface area contributed by atoms with Gasteiger partial charge in [-0.25, -0.2) is 0 Å². The van der Waals surface area contributed by atoms with E-state index in [0.29, 0.717) is 13.2 Å². The first-order valence-electron chi connectivity index (χ1n) is 4.51. The summed E-state index contributed by atoms with van der Waals surface area (Å²) in [5, 5.41) is 8.61. The third-order valence-electron chi connectivity index (χ3n) is 1.97. The van der Waals surface area contributed by atoms with E-state index < -0.39 is 0 Å². The van der Waals surface area contributed by atoms with Gasteiger partial charge in [0.1, 0.15) is 0 Å². The van der Waals surface area contributed by atoms with E-state index in [1.807, 2.05) is 13.8 Å². The van der Waals surface area contributed by atoms with Gasteiger partial charge in [0.15, 0.2) is 0 Å². The molecule has 0 aromatic rings. The predicted molar refractivity (Wildman–Crippen MR) is 51.6 cm³/mol. The first-order valence-corrected chi connectivity index (χ1v) is 4.51. The van der Waals surface area contributed by atoms with Crippen LogP contribution in [0.3, 0.4) is 0 Å². The fourth-order valence-corrected chi connectivity index (χ4v) is 0.707. The molecule has 80 valence electrons. The Balaban J connectivity index is 3.35. The van der Waals surface area contributed by atoms with Gasteiger partial charge < -0.3 is 20.3 Å². The first kappa shape index (κ1) is 12.8. The van der Waals surface area contributed by atoms with Gasteiger partial charge in [0, 0.05) is 13.7 Å². The topological polar surface area (TPSA) is 64.7 Å². The van der Waals surface area contributed by atoms with Crippen molar-refractivity contribution < 1.29 is 14.6 Å². The molecule has 0 radical (unpaired) electrons. The van der Waals surface area contributed by atoms with Gasteiger partial charge in [0.25, 0.3) is 0 Å². The van der Waals surface area contributed by atoms with E-state index >= 15 is 0 Å². The van der Waals surface area contributed by atoms with Gasteiger partial charge in [-0.05, 0) is 20.3 Å². The molecule has 0 saturated heterocycles. The van der Waals surface area contributed by atoms with Gasteiger partial charge in [-0.2, -0.15) is 0 Å². The van der Waals surface area contributed by atoms with Crippen molar-refractivity contribution in [3.05, 3.63) is 0 Å². The molecule has 1 atom stereocenters. The normalized spacial score (nSPS) is 14.5. The van der Waals surface area contributed by atoms with Gasteiger partial charge in [-0.1, -0.05) is 0 Å². The molecule has 0 aliphatic rings. The van der Waals surface area contributed by atoms with Crippen LogP contribution in [0.2, 0.25) is 0 Å². The zero-order chi connectivity index (χ0) is 10.3. The number of ether oxygens (including phenoxy) is 2. The second-order valence-electron chi connectivity index (χ2n) is 3.73. The molecule has 0 rings (SSSR count). The molecule has 0 aliphatic carbocycles. The molecule has 0 aromatic heterocycles. The van der Waals surface area contributed by atoms with Crippen LogP contribution in [0.1, 0.15) is 20.3 Å². The summed E-state index contributed by atoms with van der Waals surface area (Å²) in [7, 11) is 1.68. The zero-order valence-corrected chi connectivity index (χ0v) is 8.75. The molecular formula is C9H21NO3. The summed E-state index contributed by atoms with van der Waals surface area (Å²) >= 11 is 0. The first-order chi connectivity index (χ1) is 6.02. The van der Waals surface area contributed by atoms with Crippen molar-refractivity contribution in [1.82, 2.24) is 0 Å². The Morgan fingerprint density at radius 2 is 2.08 bits per heavy atom. The Labute approximate surface area is 80.0 Å². The van der Waals surface area contributed by atoms with Crippen molar-refractivity contribution in [3.8, 4) is 0 Å². The summed E-state index contributed by atoms with van der Waals surface area (Å²) in [5.41, 5.74) is 5.30. The number of methoxy groups -OCH3 is 1. The minimum atomic E-state index is -0.273. The van der Waals surface area contributed by atoms with Gasteiger partial charge >= 0.3 is 0 Å². The molecule has 0 aliphatic heterocycles. The smallest absolute Gasteiger partial charge is 0.0644 e. The van der Waals surface area contributed by atoms with E-state index in [9.17, 15) is 0 Å². The average molecular weight is 191 g/mol. The van der Waals surface area contributed by atoms with E-state index in [1.54, 1.807) is 7.11 Å². The predicted octanol–water partition coefficient (Wildman–Crippen LogP) is 0.138. The van der Waals surface area contributed by atoms with Gasteiger partial charge in [0.2, 0.25) is 0 Å². The molecule has 0 aromatic carbocycles. The maximum absolute atomic E-state index is 8.61. The van der Waals surface area contributed by atoms with Crippen molar-refractivity contribution >= 4 is 0 Å². The van der Waals surface area contributed by atoms with Crippen LogP contribution in [0.4, 0.5) is 0 Å². The monoisotopic (exact) mass is 191 g/mol. The van der Waals surface area contributed by atoms with Crippen LogP contribution in [0.25, 0.3) is 0 Å². The SMILES string of the molecule is COC(C)(C)CCOCC(N)CO. The van der Waals surface area contributed by atoms with E-state index in [0.717, 1.165) is 6.42 Å². The van der Waals surface area contributed by atoms with Gasteiger partial charge in [-0.3, -0.25) is 0 Å². The highest BCUT2D eigenvalue weighted by Gasteiger charge is 2.15. The molecule has 3 N–H and O–H groups in total. The number of hydrogen-bond donors (Lipinski definition) is 2. The highest BCUT2D eigenvalue weighted by atomic mass is 16.5. The molecule has 0 fully saturated rings.